The highest BCUT2D eigenvalue weighted by atomic mass is 16.5. The van der Waals surface area contributed by atoms with E-state index in [9.17, 15) is 0 Å². The molecule has 1 atom stereocenters. The van der Waals surface area contributed by atoms with Crippen LogP contribution < -0.4 is 5.32 Å². The van der Waals surface area contributed by atoms with E-state index in [-0.39, 0.29) is 0 Å². The first-order valence-corrected chi connectivity index (χ1v) is 7.04. The van der Waals surface area contributed by atoms with Crippen molar-refractivity contribution in [2.24, 2.45) is 11.8 Å². The summed E-state index contributed by atoms with van der Waals surface area (Å²) in [5.74, 6) is 1.26. The maximum atomic E-state index is 5.59. The van der Waals surface area contributed by atoms with Crippen LogP contribution in [0.25, 0.3) is 0 Å². The van der Waals surface area contributed by atoms with Crippen LogP contribution in [-0.2, 0) is 11.2 Å². The van der Waals surface area contributed by atoms with Crippen LogP contribution in [0.3, 0.4) is 0 Å². The Morgan fingerprint density at radius 2 is 1.83 bits per heavy atom. The molecular weight excluding hydrogens is 222 g/mol. The number of hydrogen-bond donors (Lipinski definition) is 1. The summed E-state index contributed by atoms with van der Waals surface area (Å²) in [6.45, 7) is 10.3. The van der Waals surface area contributed by atoms with Gasteiger partial charge in [0.1, 0.15) is 0 Å². The average Bonchev–Trinajstić information content (AvgIpc) is 2.36. The van der Waals surface area contributed by atoms with Crippen LogP contribution in [0.2, 0.25) is 0 Å². The molecule has 2 heteroatoms. The lowest BCUT2D eigenvalue weighted by Gasteiger charge is -2.18. The van der Waals surface area contributed by atoms with Gasteiger partial charge in [0.05, 0.1) is 6.61 Å². The topological polar surface area (TPSA) is 21.3 Å². The smallest absolute Gasteiger partial charge is 0.0509 e. The van der Waals surface area contributed by atoms with Crippen molar-refractivity contribution in [3.05, 3.63) is 35.9 Å². The average molecular weight is 249 g/mol. The Kier molecular flexibility index (Phi) is 7.70. The lowest BCUT2D eigenvalue weighted by Crippen LogP contribution is -2.30. The molecule has 0 aliphatic heterocycles. The normalized spacial score (nSPS) is 12.9. The minimum absolute atomic E-state index is 0.561. The third-order valence-electron chi connectivity index (χ3n) is 2.91. The molecule has 1 rings (SSSR count). The first-order chi connectivity index (χ1) is 8.72. The molecule has 1 N–H and O–H groups in total. The van der Waals surface area contributed by atoms with E-state index in [1.165, 1.54) is 5.56 Å². The van der Waals surface area contributed by atoms with Crippen molar-refractivity contribution in [2.45, 2.75) is 27.2 Å². The summed E-state index contributed by atoms with van der Waals surface area (Å²) in [6, 6.07) is 10.7. The molecule has 18 heavy (non-hydrogen) atoms. The molecule has 0 saturated carbocycles. The van der Waals surface area contributed by atoms with Crippen LogP contribution in [0.1, 0.15) is 26.3 Å². The van der Waals surface area contributed by atoms with Crippen LogP contribution >= 0.6 is 0 Å². The molecule has 1 aromatic rings. The van der Waals surface area contributed by atoms with Crippen molar-refractivity contribution >= 4 is 0 Å². The van der Waals surface area contributed by atoms with Crippen LogP contribution in [0, 0.1) is 11.8 Å². The standard InChI is InChI=1S/C16H27NO/c1-4-18-13-16(12-17-11-14(2)3)10-15-8-6-5-7-9-15/h5-9,14,16-17H,4,10-13H2,1-3H3. The van der Waals surface area contributed by atoms with Gasteiger partial charge in [0.2, 0.25) is 0 Å². The fourth-order valence-electron chi connectivity index (χ4n) is 2.00. The molecule has 1 aromatic carbocycles. The molecule has 0 saturated heterocycles. The van der Waals surface area contributed by atoms with Crippen molar-refractivity contribution in [2.75, 3.05) is 26.3 Å². The maximum Gasteiger partial charge on any atom is 0.0509 e. The van der Waals surface area contributed by atoms with E-state index in [2.05, 4.69) is 56.4 Å². The molecule has 0 fully saturated rings. The van der Waals surface area contributed by atoms with E-state index < -0.39 is 0 Å². The lowest BCUT2D eigenvalue weighted by atomic mass is 10.00. The third kappa shape index (κ3) is 6.77. The van der Waals surface area contributed by atoms with Crippen LogP contribution in [0.5, 0.6) is 0 Å². The van der Waals surface area contributed by atoms with Gasteiger partial charge in [-0.1, -0.05) is 44.2 Å². The van der Waals surface area contributed by atoms with Crippen molar-refractivity contribution < 1.29 is 4.74 Å². The molecule has 0 amide bonds. The number of hydrogen-bond acceptors (Lipinski definition) is 2. The van der Waals surface area contributed by atoms with Crippen LogP contribution in [0.4, 0.5) is 0 Å². The van der Waals surface area contributed by atoms with Crippen molar-refractivity contribution in [1.82, 2.24) is 5.32 Å². The number of nitrogens with one attached hydrogen (secondary N) is 1. The summed E-state index contributed by atoms with van der Waals surface area (Å²) in [7, 11) is 0. The number of benzene rings is 1. The Bertz CT molecular complexity index is 297. The molecule has 0 aliphatic carbocycles. The Hall–Kier alpha value is -0.860. The van der Waals surface area contributed by atoms with Gasteiger partial charge in [0.15, 0.2) is 0 Å². The second-order valence-corrected chi connectivity index (χ2v) is 5.27. The Labute approximate surface area is 112 Å². The van der Waals surface area contributed by atoms with Gasteiger partial charge in [0.25, 0.3) is 0 Å². The summed E-state index contributed by atoms with van der Waals surface area (Å²) >= 11 is 0. The van der Waals surface area contributed by atoms with E-state index >= 15 is 0 Å². The van der Waals surface area contributed by atoms with Gasteiger partial charge < -0.3 is 10.1 Å². The lowest BCUT2D eigenvalue weighted by molar-refractivity contribution is 0.109. The molecule has 0 bridgehead atoms. The van der Waals surface area contributed by atoms with Crippen molar-refractivity contribution in [1.29, 1.82) is 0 Å². The van der Waals surface area contributed by atoms with Gasteiger partial charge in [-0.15, -0.1) is 0 Å². The summed E-state index contributed by atoms with van der Waals surface area (Å²) in [4.78, 5) is 0. The Balaban J connectivity index is 2.39. The summed E-state index contributed by atoms with van der Waals surface area (Å²) in [5.41, 5.74) is 1.40. The molecule has 2 nitrogen and oxygen atoms in total. The van der Waals surface area contributed by atoms with Crippen molar-refractivity contribution in [3.63, 3.8) is 0 Å². The van der Waals surface area contributed by atoms with E-state index in [1.807, 2.05) is 0 Å². The SMILES string of the molecule is CCOCC(CNCC(C)C)Cc1ccccc1. The Morgan fingerprint density at radius 1 is 1.11 bits per heavy atom. The van der Waals surface area contributed by atoms with Gasteiger partial charge in [0, 0.05) is 13.2 Å². The van der Waals surface area contributed by atoms with Crippen molar-refractivity contribution in [3.8, 4) is 0 Å². The highest BCUT2D eigenvalue weighted by Gasteiger charge is 2.09. The highest BCUT2D eigenvalue weighted by molar-refractivity contribution is 5.15. The third-order valence-corrected chi connectivity index (χ3v) is 2.91. The molecule has 1 unspecified atom stereocenters. The molecule has 0 aliphatic rings. The quantitative estimate of drug-likeness (QED) is 0.726. The summed E-state index contributed by atoms with van der Waals surface area (Å²) < 4.78 is 5.59. The van der Waals surface area contributed by atoms with Gasteiger partial charge in [-0.25, -0.2) is 0 Å². The molecule has 0 spiro atoms. The second kappa shape index (κ2) is 9.12. The zero-order valence-corrected chi connectivity index (χ0v) is 12.0. The van der Waals surface area contributed by atoms with E-state index in [0.717, 1.165) is 32.7 Å². The van der Waals surface area contributed by atoms with E-state index in [1.54, 1.807) is 0 Å². The summed E-state index contributed by atoms with van der Waals surface area (Å²) in [5, 5.41) is 3.53. The monoisotopic (exact) mass is 249 g/mol. The maximum absolute atomic E-state index is 5.59. The first-order valence-electron chi connectivity index (χ1n) is 7.04. The zero-order chi connectivity index (χ0) is 13.2. The van der Waals surface area contributed by atoms with Gasteiger partial charge in [-0.2, -0.15) is 0 Å². The fraction of sp³-hybridized carbons (Fsp3) is 0.625. The van der Waals surface area contributed by atoms with Gasteiger partial charge in [-0.05, 0) is 37.3 Å². The predicted molar refractivity (Wildman–Crippen MR) is 77.8 cm³/mol. The molecular formula is C16H27NO. The van der Waals surface area contributed by atoms with E-state index in [0.29, 0.717) is 11.8 Å². The number of rotatable bonds is 9. The number of ether oxygens (including phenoxy) is 1. The van der Waals surface area contributed by atoms with Crippen LogP contribution in [0.15, 0.2) is 30.3 Å². The van der Waals surface area contributed by atoms with E-state index in [4.69, 9.17) is 4.74 Å². The fourth-order valence-corrected chi connectivity index (χ4v) is 2.00. The molecule has 0 heterocycles. The summed E-state index contributed by atoms with van der Waals surface area (Å²) in [6.07, 6.45) is 1.09. The second-order valence-electron chi connectivity index (χ2n) is 5.27. The minimum Gasteiger partial charge on any atom is -0.381 e. The zero-order valence-electron chi connectivity index (χ0n) is 12.0. The van der Waals surface area contributed by atoms with Gasteiger partial charge in [-0.3, -0.25) is 0 Å². The predicted octanol–water partition coefficient (Wildman–Crippen LogP) is 3.13. The van der Waals surface area contributed by atoms with Crippen LogP contribution in [-0.4, -0.2) is 26.3 Å². The molecule has 0 aromatic heterocycles. The molecule has 102 valence electrons. The molecule has 0 radical (unpaired) electrons. The first kappa shape index (κ1) is 15.2. The van der Waals surface area contributed by atoms with Gasteiger partial charge >= 0.3 is 0 Å². The minimum atomic E-state index is 0.561. The largest absolute Gasteiger partial charge is 0.381 e. The highest BCUT2D eigenvalue weighted by Crippen LogP contribution is 2.09. The Morgan fingerprint density at radius 3 is 2.44 bits per heavy atom.